The molecular weight excluding hydrogens is 456 g/mol. The fraction of sp³-hybridized carbons (Fsp3) is 0. The molecule has 3 aromatic carbocycles. The number of nitrogens with zero attached hydrogens (tertiary/aromatic N) is 1. The van der Waals surface area contributed by atoms with Gasteiger partial charge in [0.15, 0.2) is 0 Å². The zero-order valence-electron chi connectivity index (χ0n) is 14.5. The van der Waals surface area contributed by atoms with Crippen LogP contribution in [0.2, 0.25) is 15.2 Å². The highest BCUT2D eigenvalue weighted by Crippen LogP contribution is 2.41. The maximum Gasteiger partial charge on any atom is 0.210 e. The zero-order valence-corrected chi connectivity index (χ0v) is 17.6. The molecule has 146 valence electrons. The molecule has 4 aromatic rings. The summed E-state index contributed by atoms with van der Waals surface area (Å²) in [6.45, 7) is 0. The number of pyridine rings is 1. The number of rotatable bonds is 3. The maximum absolute atomic E-state index is 13.9. The molecule has 0 saturated carbocycles. The summed E-state index contributed by atoms with van der Waals surface area (Å²) in [4.78, 5) is 3.70. The number of hydrogen-bond donors (Lipinski definition) is 0. The Balaban J connectivity index is 2.14. The molecule has 0 aliphatic rings. The van der Waals surface area contributed by atoms with Crippen molar-refractivity contribution in [3.05, 3.63) is 87.7 Å². The summed E-state index contributed by atoms with van der Waals surface area (Å²) < 4.78 is 40.9. The highest BCUT2D eigenvalue weighted by molar-refractivity contribution is 7.91. The largest absolute Gasteiger partial charge is 0.235 e. The predicted molar refractivity (Wildman–Crippen MR) is 114 cm³/mol. The van der Waals surface area contributed by atoms with Gasteiger partial charge in [0.05, 0.1) is 10.4 Å². The van der Waals surface area contributed by atoms with Crippen LogP contribution in [0.15, 0.2) is 76.5 Å². The minimum Gasteiger partial charge on any atom is -0.235 e. The quantitative estimate of drug-likeness (QED) is 0.311. The Labute approximate surface area is 181 Å². The van der Waals surface area contributed by atoms with Crippen molar-refractivity contribution in [3.63, 3.8) is 0 Å². The van der Waals surface area contributed by atoms with Crippen LogP contribution in [0.3, 0.4) is 0 Å². The Morgan fingerprint density at radius 1 is 0.828 bits per heavy atom. The van der Waals surface area contributed by atoms with E-state index in [4.69, 9.17) is 34.8 Å². The minimum atomic E-state index is -4.26. The lowest BCUT2D eigenvalue weighted by Crippen LogP contribution is -2.07. The zero-order chi connectivity index (χ0) is 20.8. The van der Waals surface area contributed by atoms with Crippen LogP contribution in [0.25, 0.3) is 22.0 Å². The fourth-order valence-corrected chi connectivity index (χ4v) is 5.66. The van der Waals surface area contributed by atoms with Gasteiger partial charge in [-0.05, 0) is 42.0 Å². The van der Waals surface area contributed by atoms with Crippen LogP contribution in [0.5, 0.6) is 0 Å². The Morgan fingerprint density at radius 3 is 2.31 bits per heavy atom. The van der Waals surface area contributed by atoms with E-state index in [1.807, 2.05) is 0 Å². The molecule has 0 N–H and O–H groups in total. The third-order valence-corrected chi connectivity index (χ3v) is 6.96. The van der Waals surface area contributed by atoms with Crippen molar-refractivity contribution >= 4 is 55.5 Å². The lowest BCUT2D eigenvalue weighted by atomic mass is 10.0. The van der Waals surface area contributed by atoms with Gasteiger partial charge in [-0.3, -0.25) is 0 Å². The topological polar surface area (TPSA) is 47.0 Å². The van der Waals surface area contributed by atoms with E-state index in [0.717, 1.165) is 12.1 Å². The Kier molecular flexibility index (Phi) is 5.25. The van der Waals surface area contributed by atoms with Crippen LogP contribution in [-0.4, -0.2) is 13.4 Å². The molecule has 4 rings (SSSR count). The maximum atomic E-state index is 13.9. The smallest absolute Gasteiger partial charge is 0.210 e. The summed E-state index contributed by atoms with van der Waals surface area (Å²) in [5.74, 6) is -0.773. The number of hydrogen-bond acceptors (Lipinski definition) is 3. The van der Waals surface area contributed by atoms with Crippen LogP contribution in [0, 0.1) is 5.82 Å². The molecule has 1 aromatic heterocycles. The molecule has 0 radical (unpaired) electrons. The van der Waals surface area contributed by atoms with Gasteiger partial charge in [-0.15, -0.1) is 0 Å². The van der Waals surface area contributed by atoms with E-state index < -0.39 is 15.7 Å². The first-order valence-electron chi connectivity index (χ1n) is 8.33. The van der Waals surface area contributed by atoms with Gasteiger partial charge in [-0.25, -0.2) is 17.8 Å². The summed E-state index contributed by atoms with van der Waals surface area (Å²) in [5.41, 5.74) is 1.39. The number of aromatic nitrogens is 1. The molecule has 0 saturated heterocycles. The third kappa shape index (κ3) is 3.71. The Hall–Kier alpha value is -2.18. The first kappa shape index (κ1) is 20.1. The molecule has 0 aliphatic heterocycles. The second kappa shape index (κ2) is 7.58. The van der Waals surface area contributed by atoms with Gasteiger partial charge in [0.2, 0.25) is 9.84 Å². The van der Waals surface area contributed by atoms with Crippen molar-refractivity contribution in [1.29, 1.82) is 0 Å². The van der Waals surface area contributed by atoms with Crippen molar-refractivity contribution < 1.29 is 12.8 Å². The van der Waals surface area contributed by atoms with Gasteiger partial charge in [0.25, 0.3) is 0 Å². The average molecular weight is 467 g/mol. The average Bonchev–Trinajstić information content (AvgIpc) is 2.66. The molecule has 0 unspecified atom stereocenters. The fourth-order valence-electron chi connectivity index (χ4n) is 3.14. The van der Waals surface area contributed by atoms with Gasteiger partial charge in [-0.1, -0.05) is 65.1 Å². The van der Waals surface area contributed by atoms with Crippen molar-refractivity contribution in [2.45, 2.75) is 9.79 Å². The molecule has 0 spiro atoms. The molecule has 0 amide bonds. The monoisotopic (exact) mass is 465 g/mol. The molecule has 0 aliphatic carbocycles. The van der Waals surface area contributed by atoms with Crippen LogP contribution in [0.1, 0.15) is 0 Å². The van der Waals surface area contributed by atoms with Gasteiger partial charge in [-0.2, -0.15) is 0 Å². The van der Waals surface area contributed by atoms with E-state index in [-0.39, 0.29) is 20.0 Å². The SMILES string of the molecule is O=S(=O)(c1cc(F)cc(Cl)c1)c1c(Cl)nc2ccccc2c1-c1cccc(Cl)c1. The van der Waals surface area contributed by atoms with Gasteiger partial charge >= 0.3 is 0 Å². The van der Waals surface area contributed by atoms with Gasteiger partial charge < -0.3 is 0 Å². The predicted octanol–water partition coefficient (Wildman–Crippen LogP) is 6.83. The first-order chi connectivity index (χ1) is 13.8. The molecule has 0 atom stereocenters. The summed E-state index contributed by atoms with van der Waals surface area (Å²) in [7, 11) is -4.26. The molecule has 8 heteroatoms. The van der Waals surface area contributed by atoms with Crippen molar-refractivity contribution in [2.75, 3.05) is 0 Å². The Morgan fingerprint density at radius 2 is 1.59 bits per heavy atom. The van der Waals surface area contributed by atoms with Crippen LogP contribution >= 0.6 is 34.8 Å². The number of benzene rings is 3. The van der Waals surface area contributed by atoms with E-state index in [1.165, 1.54) is 6.07 Å². The highest BCUT2D eigenvalue weighted by atomic mass is 35.5. The van der Waals surface area contributed by atoms with E-state index >= 15 is 0 Å². The summed E-state index contributed by atoms with van der Waals surface area (Å²) in [6, 6.07) is 16.8. The van der Waals surface area contributed by atoms with Gasteiger partial charge in [0, 0.05) is 21.0 Å². The second-order valence-corrected chi connectivity index (χ2v) is 9.36. The molecule has 3 nitrogen and oxygen atoms in total. The Bertz CT molecular complexity index is 1350. The van der Waals surface area contributed by atoms with Crippen LogP contribution < -0.4 is 0 Å². The molecule has 0 fully saturated rings. The first-order valence-corrected chi connectivity index (χ1v) is 10.9. The lowest BCUT2D eigenvalue weighted by molar-refractivity contribution is 0.591. The van der Waals surface area contributed by atoms with Gasteiger partial charge in [0.1, 0.15) is 15.9 Å². The van der Waals surface area contributed by atoms with Crippen molar-refractivity contribution in [2.24, 2.45) is 0 Å². The van der Waals surface area contributed by atoms with Crippen molar-refractivity contribution in [1.82, 2.24) is 4.98 Å². The molecule has 0 bridgehead atoms. The lowest BCUT2D eigenvalue weighted by Gasteiger charge is -2.16. The summed E-state index contributed by atoms with van der Waals surface area (Å²) in [5, 5.41) is 0.730. The highest BCUT2D eigenvalue weighted by Gasteiger charge is 2.29. The summed E-state index contributed by atoms with van der Waals surface area (Å²) in [6.07, 6.45) is 0. The standard InChI is InChI=1S/C21H11Cl3FNO2S/c22-13-5-3-4-12(8-13)19-17-6-1-2-7-18(17)26-21(24)20(19)29(27,28)16-10-14(23)9-15(25)11-16/h1-11H. The number of para-hydroxylation sites is 1. The number of fused-ring (bicyclic) bond motifs is 1. The molecule has 1 heterocycles. The summed E-state index contributed by atoms with van der Waals surface area (Å²) >= 11 is 18.4. The molecule has 29 heavy (non-hydrogen) atoms. The third-order valence-electron chi connectivity index (χ3n) is 4.33. The normalized spacial score (nSPS) is 11.7. The van der Waals surface area contributed by atoms with E-state index in [0.29, 0.717) is 27.1 Å². The second-order valence-electron chi connectivity index (χ2n) is 6.24. The van der Waals surface area contributed by atoms with Crippen LogP contribution in [-0.2, 0) is 9.84 Å². The molecular formula is C21H11Cl3FNO2S. The number of sulfone groups is 1. The van der Waals surface area contributed by atoms with Crippen LogP contribution in [0.4, 0.5) is 4.39 Å². The van der Waals surface area contributed by atoms with E-state index in [1.54, 1.807) is 48.5 Å². The van der Waals surface area contributed by atoms with E-state index in [9.17, 15) is 12.8 Å². The van der Waals surface area contributed by atoms with Crippen molar-refractivity contribution in [3.8, 4) is 11.1 Å². The van der Waals surface area contributed by atoms with E-state index in [2.05, 4.69) is 4.98 Å². The number of halogens is 4. The minimum absolute atomic E-state index is 0.0437.